The molecule has 0 saturated carbocycles. The standard InChI is InChI=1S/C15H15N5O/c16-7-12-8-20(15(21)6-14-17-10-18-19-14)9-13(12)11-4-2-1-3-5-11/h1-5,10,12-13H,6,8-9H2,(H,17,18,19)/t12-,13+/m1/s1. The molecule has 1 amide bonds. The van der Waals surface area contributed by atoms with E-state index in [0.717, 1.165) is 5.56 Å². The predicted octanol–water partition coefficient (Wildman–Crippen LogP) is 1.11. The van der Waals surface area contributed by atoms with Gasteiger partial charge >= 0.3 is 0 Å². The summed E-state index contributed by atoms with van der Waals surface area (Å²) in [6.45, 7) is 1.05. The van der Waals surface area contributed by atoms with E-state index in [0.29, 0.717) is 18.9 Å². The first-order valence-corrected chi connectivity index (χ1v) is 6.84. The Morgan fingerprint density at radius 3 is 2.86 bits per heavy atom. The molecule has 1 aliphatic heterocycles. The average molecular weight is 281 g/mol. The highest BCUT2D eigenvalue weighted by atomic mass is 16.2. The zero-order valence-corrected chi connectivity index (χ0v) is 11.4. The van der Waals surface area contributed by atoms with Crippen LogP contribution in [0.4, 0.5) is 0 Å². The van der Waals surface area contributed by atoms with Crippen molar-refractivity contribution in [3.05, 3.63) is 48.0 Å². The van der Waals surface area contributed by atoms with E-state index in [1.165, 1.54) is 6.33 Å². The molecule has 2 heterocycles. The van der Waals surface area contributed by atoms with Crippen molar-refractivity contribution in [1.29, 1.82) is 5.26 Å². The normalized spacial score (nSPS) is 21.2. The summed E-state index contributed by atoms with van der Waals surface area (Å²) in [5, 5.41) is 15.8. The summed E-state index contributed by atoms with van der Waals surface area (Å²) in [6, 6.07) is 12.2. The molecule has 6 nitrogen and oxygen atoms in total. The van der Waals surface area contributed by atoms with Crippen LogP contribution in [0.15, 0.2) is 36.7 Å². The number of H-pyrrole nitrogens is 1. The minimum atomic E-state index is -0.161. The fraction of sp³-hybridized carbons (Fsp3) is 0.333. The summed E-state index contributed by atoms with van der Waals surface area (Å²) < 4.78 is 0. The molecule has 6 heteroatoms. The van der Waals surface area contributed by atoms with E-state index < -0.39 is 0 Å². The molecular formula is C15H15N5O. The Hall–Kier alpha value is -2.68. The molecule has 106 valence electrons. The molecule has 1 saturated heterocycles. The lowest BCUT2D eigenvalue weighted by Gasteiger charge is -2.15. The van der Waals surface area contributed by atoms with E-state index in [-0.39, 0.29) is 24.2 Å². The Morgan fingerprint density at radius 1 is 1.38 bits per heavy atom. The van der Waals surface area contributed by atoms with Gasteiger partial charge in [-0.05, 0) is 5.56 Å². The van der Waals surface area contributed by atoms with Gasteiger partial charge in [0.1, 0.15) is 12.2 Å². The van der Waals surface area contributed by atoms with Gasteiger partial charge in [-0.1, -0.05) is 30.3 Å². The smallest absolute Gasteiger partial charge is 0.230 e. The molecule has 21 heavy (non-hydrogen) atoms. The average Bonchev–Trinajstić information content (AvgIpc) is 3.17. The molecular weight excluding hydrogens is 266 g/mol. The van der Waals surface area contributed by atoms with Crippen molar-refractivity contribution < 1.29 is 4.79 Å². The maximum absolute atomic E-state index is 12.3. The van der Waals surface area contributed by atoms with Crippen LogP contribution >= 0.6 is 0 Å². The molecule has 0 aliphatic carbocycles. The van der Waals surface area contributed by atoms with E-state index in [4.69, 9.17) is 0 Å². The van der Waals surface area contributed by atoms with Crippen molar-refractivity contribution in [3.8, 4) is 6.07 Å². The van der Waals surface area contributed by atoms with Crippen LogP contribution in [0.25, 0.3) is 0 Å². The summed E-state index contributed by atoms with van der Waals surface area (Å²) in [6.07, 6.45) is 1.58. The number of hydrogen-bond acceptors (Lipinski definition) is 4. The number of carbonyl (C=O) groups excluding carboxylic acids is 1. The number of benzene rings is 1. The first-order chi connectivity index (χ1) is 10.3. The number of nitrogens with zero attached hydrogens (tertiary/aromatic N) is 4. The molecule has 0 bridgehead atoms. The number of carbonyl (C=O) groups is 1. The van der Waals surface area contributed by atoms with Gasteiger partial charge in [0.05, 0.1) is 18.4 Å². The highest BCUT2D eigenvalue weighted by molar-refractivity contribution is 5.78. The van der Waals surface area contributed by atoms with Crippen LogP contribution in [-0.4, -0.2) is 39.1 Å². The Morgan fingerprint density at radius 2 is 2.19 bits per heavy atom. The quantitative estimate of drug-likeness (QED) is 0.913. The molecule has 0 spiro atoms. The van der Waals surface area contributed by atoms with Gasteiger partial charge in [-0.15, -0.1) is 0 Å². The topological polar surface area (TPSA) is 85.7 Å². The summed E-state index contributed by atoms with van der Waals surface area (Å²) in [4.78, 5) is 18.0. The number of hydrogen-bond donors (Lipinski definition) is 1. The second-order valence-electron chi connectivity index (χ2n) is 5.16. The van der Waals surface area contributed by atoms with E-state index in [9.17, 15) is 10.1 Å². The summed E-state index contributed by atoms with van der Waals surface area (Å²) >= 11 is 0. The zero-order chi connectivity index (χ0) is 14.7. The van der Waals surface area contributed by atoms with Gasteiger partial charge < -0.3 is 4.90 Å². The first kappa shape index (κ1) is 13.3. The fourth-order valence-electron chi connectivity index (χ4n) is 2.75. The van der Waals surface area contributed by atoms with Gasteiger partial charge in [-0.25, -0.2) is 4.98 Å². The SMILES string of the molecule is N#C[C@@H]1CN(C(=O)Cc2ncn[nH]2)C[C@H]1c1ccccc1. The monoisotopic (exact) mass is 281 g/mol. The van der Waals surface area contributed by atoms with Crippen LogP contribution in [-0.2, 0) is 11.2 Å². The van der Waals surface area contributed by atoms with Crippen LogP contribution in [0.3, 0.4) is 0 Å². The molecule has 0 unspecified atom stereocenters. The Labute approximate surface area is 122 Å². The van der Waals surface area contributed by atoms with Crippen molar-refractivity contribution in [3.63, 3.8) is 0 Å². The highest BCUT2D eigenvalue weighted by Gasteiger charge is 2.36. The van der Waals surface area contributed by atoms with Crippen LogP contribution in [0, 0.1) is 17.2 Å². The Kier molecular flexibility index (Phi) is 3.65. The number of nitriles is 1. The second kappa shape index (κ2) is 5.75. The number of nitrogens with one attached hydrogen (secondary N) is 1. The van der Waals surface area contributed by atoms with E-state index >= 15 is 0 Å². The lowest BCUT2D eigenvalue weighted by atomic mass is 9.90. The lowest BCUT2D eigenvalue weighted by Crippen LogP contribution is -2.30. The molecule has 1 aromatic carbocycles. The molecule has 3 rings (SSSR count). The zero-order valence-electron chi connectivity index (χ0n) is 11.4. The molecule has 0 radical (unpaired) electrons. The second-order valence-corrected chi connectivity index (χ2v) is 5.16. The van der Waals surface area contributed by atoms with Crippen molar-refractivity contribution >= 4 is 5.91 Å². The van der Waals surface area contributed by atoms with E-state index in [2.05, 4.69) is 21.3 Å². The predicted molar refractivity (Wildman–Crippen MR) is 75.0 cm³/mol. The van der Waals surface area contributed by atoms with Crippen LogP contribution in [0.2, 0.25) is 0 Å². The lowest BCUT2D eigenvalue weighted by molar-refractivity contribution is -0.129. The number of aromatic amines is 1. The van der Waals surface area contributed by atoms with Crippen LogP contribution in [0.1, 0.15) is 17.3 Å². The van der Waals surface area contributed by atoms with Gasteiger partial charge in [0, 0.05) is 19.0 Å². The number of amides is 1. The minimum Gasteiger partial charge on any atom is -0.340 e. The van der Waals surface area contributed by atoms with Gasteiger partial charge in [0.2, 0.25) is 5.91 Å². The third-order valence-corrected chi connectivity index (χ3v) is 3.85. The first-order valence-electron chi connectivity index (χ1n) is 6.84. The minimum absolute atomic E-state index is 0.0227. The summed E-state index contributed by atoms with van der Waals surface area (Å²) in [5.74, 6) is 0.447. The van der Waals surface area contributed by atoms with Crippen molar-refractivity contribution in [2.75, 3.05) is 13.1 Å². The van der Waals surface area contributed by atoms with E-state index in [1.807, 2.05) is 30.3 Å². The molecule has 1 aromatic heterocycles. The molecule has 1 N–H and O–H groups in total. The van der Waals surface area contributed by atoms with Crippen molar-refractivity contribution in [2.45, 2.75) is 12.3 Å². The summed E-state index contributed by atoms with van der Waals surface area (Å²) in [7, 11) is 0. The third-order valence-electron chi connectivity index (χ3n) is 3.85. The van der Waals surface area contributed by atoms with Gasteiger partial charge in [0.15, 0.2) is 0 Å². The number of rotatable bonds is 3. The molecule has 2 aromatic rings. The maximum atomic E-state index is 12.3. The third kappa shape index (κ3) is 2.77. The molecule has 2 atom stereocenters. The fourth-order valence-corrected chi connectivity index (χ4v) is 2.75. The highest BCUT2D eigenvalue weighted by Crippen LogP contribution is 2.32. The van der Waals surface area contributed by atoms with Gasteiger partial charge in [-0.2, -0.15) is 10.4 Å². The summed E-state index contributed by atoms with van der Waals surface area (Å²) in [5.41, 5.74) is 1.11. The van der Waals surface area contributed by atoms with Gasteiger partial charge in [-0.3, -0.25) is 9.89 Å². The molecule has 1 aliphatic rings. The van der Waals surface area contributed by atoms with E-state index in [1.54, 1.807) is 4.90 Å². The van der Waals surface area contributed by atoms with Gasteiger partial charge in [0.25, 0.3) is 0 Å². The Bertz CT molecular complexity index is 646. The van der Waals surface area contributed by atoms with Crippen LogP contribution < -0.4 is 0 Å². The number of aromatic nitrogens is 3. The molecule has 1 fully saturated rings. The maximum Gasteiger partial charge on any atom is 0.230 e. The van der Waals surface area contributed by atoms with Crippen LogP contribution in [0.5, 0.6) is 0 Å². The van der Waals surface area contributed by atoms with Crippen molar-refractivity contribution in [2.24, 2.45) is 5.92 Å². The largest absolute Gasteiger partial charge is 0.340 e. The van der Waals surface area contributed by atoms with Crippen molar-refractivity contribution in [1.82, 2.24) is 20.1 Å². The number of likely N-dealkylation sites (tertiary alicyclic amines) is 1. The Balaban J connectivity index is 1.72.